The number of para-hydroxylation sites is 1. The summed E-state index contributed by atoms with van der Waals surface area (Å²) in [5, 5.41) is 3.06. The first kappa shape index (κ1) is 22.7. The zero-order valence-corrected chi connectivity index (χ0v) is 16.6. The number of halogens is 7. The highest BCUT2D eigenvalue weighted by atomic mass is 35.5. The van der Waals surface area contributed by atoms with Crippen molar-refractivity contribution in [2.75, 3.05) is 5.32 Å². The normalized spacial score (nSPS) is 12.9. The molecule has 0 radical (unpaired) electrons. The van der Waals surface area contributed by atoms with Gasteiger partial charge in [0.1, 0.15) is 12.1 Å². The van der Waals surface area contributed by atoms with Crippen molar-refractivity contribution in [3.63, 3.8) is 0 Å². The van der Waals surface area contributed by atoms with Gasteiger partial charge in [0.25, 0.3) is 0 Å². The Morgan fingerprint density at radius 1 is 1.00 bits per heavy atom. The highest BCUT2D eigenvalue weighted by Gasteiger charge is 2.34. The molecular formula is C21H14ClF6N3. The highest BCUT2D eigenvalue weighted by molar-refractivity contribution is 6.30. The molecule has 3 aromatic rings. The van der Waals surface area contributed by atoms with E-state index in [1.807, 2.05) is 0 Å². The molecule has 1 aromatic heterocycles. The molecule has 0 aliphatic heterocycles. The summed E-state index contributed by atoms with van der Waals surface area (Å²) in [5.74, 6) is 5.31. The van der Waals surface area contributed by atoms with Crippen molar-refractivity contribution in [1.82, 2.24) is 9.97 Å². The van der Waals surface area contributed by atoms with E-state index in [-0.39, 0.29) is 33.7 Å². The number of rotatable bonds is 3. The number of benzene rings is 2. The van der Waals surface area contributed by atoms with Crippen LogP contribution in [0.2, 0.25) is 5.02 Å². The highest BCUT2D eigenvalue weighted by Crippen LogP contribution is 2.35. The number of alkyl halides is 6. The molecule has 0 saturated heterocycles. The fourth-order valence-electron chi connectivity index (χ4n) is 2.88. The van der Waals surface area contributed by atoms with Gasteiger partial charge in [-0.05, 0) is 37.3 Å². The molecule has 0 fully saturated rings. The number of fused-ring (bicyclic) bond motifs is 1. The van der Waals surface area contributed by atoms with Crippen LogP contribution in [0, 0.1) is 11.8 Å². The van der Waals surface area contributed by atoms with E-state index in [2.05, 4.69) is 27.1 Å². The molecule has 0 saturated carbocycles. The zero-order chi connectivity index (χ0) is 22.8. The van der Waals surface area contributed by atoms with Crippen molar-refractivity contribution in [2.45, 2.75) is 31.7 Å². The van der Waals surface area contributed by atoms with Gasteiger partial charge in [-0.15, -0.1) is 0 Å². The number of hydrogen-bond donors (Lipinski definition) is 1. The minimum absolute atomic E-state index is 0.0539. The summed E-state index contributed by atoms with van der Waals surface area (Å²) in [6.45, 7) is 1.68. The number of nitrogens with zero attached hydrogens (tertiary/aromatic N) is 2. The summed E-state index contributed by atoms with van der Waals surface area (Å²) in [5.41, 5.74) is -2.28. The second-order valence-electron chi connectivity index (χ2n) is 6.66. The van der Waals surface area contributed by atoms with E-state index in [1.165, 1.54) is 24.3 Å². The van der Waals surface area contributed by atoms with E-state index in [4.69, 9.17) is 11.6 Å². The van der Waals surface area contributed by atoms with Crippen molar-refractivity contribution >= 4 is 28.3 Å². The first-order valence-corrected chi connectivity index (χ1v) is 9.27. The fourth-order valence-corrected chi connectivity index (χ4v) is 3.05. The predicted octanol–water partition coefficient (Wildman–Crippen LogP) is 6.56. The van der Waals surface area contributed by atoms with Gasteiger partial charge in [0, 0.05) is 28.4 Å². The van der Waals surface area contributed by atoms with Crippen LogP contribution in [0.15, 0.2) is 42.7 Å². The quantitative estimate of drug-likeness (QED) is 0.357. The van der Waals surface area contributed by atoms with Crippen LogP contribution in [0.5, 0.6) is 0 Å². The minimum Gasteiger partial charge on any atom is -0.366 e. The predicted molar refractivity (Wildman–Crippen MR) is 106 cm³/mol. The topological polar surface area (TPSA) is 37.8 Å². The maximum atomic E-state index is 13.2. The number of nitrogens with one attached hydrogen (secondary N) is 1. The summed E-state index contributed by atoms with van der Waals surface area (Å²) >= 11 is 5.64. The molecule has 2 aromatic carbocycles. The summed E-state index contributed by atoms with van der Waals surface area (Å²) < 4.78 is 79.0. The van der Waals surface area contributed by atoms with E-state index in [9.17, 15) is 26.3 Å². The van der Waals surface area contributed by atoms with Gasteiger partial charge in [0.15, 0.2) is 0 Å². The van der Waals surface area contributed by atoms with Crippen LogP contribution >= 0.6 is 11.6 Å². The lowest BCUT2D eigenvalue weighted by Gasteiger charge is -2.15. The lowest BCUT2D eigenvalue weighted by Crippen LogP contribution is -2.16. The molecule has 162 valence electrons. The second kappa shape index (κ2) is 8.63. The third-order valence-corrected chi connectivity index (χ3v) is 4.51. The monoisotopic (exact) mass is 457 g/mol. The number of hydrogen-bond acceptors (Lipinski definition) is 3. The van der Waals surface area contributed by atoms with E-state index in [0.717, 1.165) is 18.5 Å². The summed E-state index contributed by atoms with van der Waals surface area (Å²) in [7, 11) is 0. The molecule has 3 nitrogen and oxygen atoms in total. The molecule has 1 unspecified atom stereocenters. The first-order chi connectivity index (χ1) is 14.5. The third kappa shape index (κ3) is 5.39. The summed E-state index contributed by atoms with van der Waals surface area (Å²) in [4.78, 5) is 7.73. The average molecular weight is 458 g/mol. The van der Waals surface area contributed by atoms with Gasteiger partial charge in [-0.2, -0.15) is 26.3 Å². The van der Waals surface area contributed by atoms with Gasteiger partial charge in [0.2, 0.25) is 0 Å². The van der Waals surface area contributed by atoms with E-state index in [1.54, 1.807) is 6.92 Å². The van der Waals surface area contributed by atoms with Crippen LogP contribution in [0.25, 0.3) is 10.9 Å². The molecule has 0 aliphatic rings. The molecular weight excluding hydrogens is 444 g/mol. The van der Waals surface area contributed by atoms with E-state index in [0.29, 0.717) is 0 Å². The van der Waals surface area contributed by atoms with Crippen molar-refractivity contribution in [3.8, 4) is 11.8 Å². The second-order valence-corrected chi connectivity index (χ2v) is 7.10. The summed E-state index contributed by atoms with van der Waals surface area (Å²) in [6, 6.07) is 6.52. The Morgan fingerprint density at radius 2 is 1.71 bits per heavy atom. The molecule has 0 amide bonds. The van der Waals surface area contributed by atoms with Crippen LogP contribution < -0.4 is 5.32 Å². The number of anilines is 1. The molecule has 31 heavy (non-hydrogen) atoms. The van der Waals surface area contributed by atoms with Crippen LogP contribution in [0.1, 0.15) is 30.0 Å². The van der Waals surface area contributed by atoms with Gasteiger partial charge < -0.3 is 5.32 Å². The Balaban J connectivity index is 1.81. The SMILES string of the molecule is CC(CC#Cc1ccc(Cl)cc1C(F)(F)F)Nc1ncnc2c(C(F)(F)F)cccc12. The number of aromatic nitrogens is 2. The van der Waals surface area contributed by atoms with Gasteiger partial charge in [0.05, 0.1) is 16.6 Å². The van der Waals surface area contributed by atoms with Crippen LogP contribution in [0.3, 0.4) is 0 Å². The van der Waals surface area contributed by atoms with Crippen molar-refractivity contribution in [1.29, 1.82) is 0 Å². The van der Waals surface area contributed by atoms with Gasteiger partial charge in [-0.25, -0.2) is 9.97 Å². The average Bonchev–Trinajstić information content (AvgIpc) is 2.67. The Hall–Kier alpha value is -2.99. The largest absolute Gasteiger partial charge is 0.418 e. The van der Waals surface area contributed by atoms with Crippen molar-refractivity contribution in [3.05, 3.63) is 64.4 Å². The zero-order valence-electron chi connectivity index (χ0n) is 15.9. The molecule has 3 rings (SSSR count). The van der Waals surface area contributed by atoms with Gasteiger partial charge in [-0.3, -0.25) is 0 Å². The smallest absolute Gasteiger partial charge is 0.366 e. The molecule has 1 N–H and O–H groups in total. The van der Waals surface area contributed by atoms with Crippen molar-refractivity contribution in [2.24, 2.45) is 0 Å². The first-order valence-electron chi connectivity index (χ1n) is 8.90. The van der Waals surface area contributed by atoms with Crippen LogP contribution in [0.4, 0.5) is 32.2 Å². The summed E-state index contributed by atoms with van der Waals surface area (Å²) in [6.07, 6.45) is -8.04. The Labute approximate surface area is 178 Å². The Morgan fingerprint density at radius 3 is 2.39 bits per heavy atom. The lowest BCUT2D eigenvalue weighted by molar-refractivity contribution is -0.138. The minimum atomic E-state index is -4.60. The van der Waals surface area contributed by atoms with Crippen LogP contribution in [-0.4, -0.2) is 16.0 Å². The lowest BCUT2D eigenvalue weighted by atomic mass is 10.1. The molecule has 0 bridgehead atoms. The molecule has 0 spiro atoms. The third-order valence-electron chi connectivity index (χ3n) is 4.27. The fraction of sp³-hybridized carbons (Fsp3) is 0.238. The maximum absolute atomic E-state index is 13.2. The molecule has 1 heterocycles. The molecule has 0 aliphatic carbocycles. The van der Waals surface area contributed by atoms with E-state index < -0.39 is 29.5 Å². The van der Waals surface area contributed by atoms with Gasteiger partial charge in [-0.1, -0.05) is 29.5 Å². The van der Waals surface area contributed by atoms with Gasteiger partial charge >= 0.3 is 12.4 Å². The Bertz CT molecular complexity index is 1160. The standard InChI is InChI=1S/C21H14ClF6N3/c1-12(4-2-5-13-8-9-14(22)10-17(13)21(26,27)28)31-19-15-6-3-7-16(20(23,24)25)18(15)29-11-30-19/h3,6-12H,4H2,1H3,(H,29,30,31). The van der Waals surface area contributed by atoms with Crippen molar-refractivity contribution < 1.29 is 26.3 Å². The maximum Gasteiger partial charge on any atom is 0.418 e. The van der Waals surface area contributed by atoms with Crippen LogP contribution in [-0.2, 0) is 12.4 Å². The Kier molecular flexibility index (Phi) is 6.32. The molecule has 1 atom stereocenters. The van der Waals surface area contributed by atoms with E-state index >= 15 is 0 Å². The molecule has 10 heteroatoms.